The van der Waals surface area contributed by atoms with Crippen molar-refractivity contribution in [3.8, 4) is 0 Å². The van der Waals surface area contributed by atoms with Crippen molar-refractivity contribution in [2.75, 3.05) is 13.1 Å². The molecule has 0 aliphatic carbocycles. The lowest BCUT2D eigenvalue weighted by atomic mass is 10.00. The predicted molar refractivity (Wildman–Crippen MR) is 53.5 cm³/mol. The summed E-state index contributed by atoms with van der Waals surface area (Å²) in [4.78, 5) is 12.8. The first-order chi connectivity index (χ1) is 6.75. The lowest BCUT2D eigenvalue weighted by molar-refractivity contribution is -0.119. The van der Waals surface area contributed by atoms with E-state index in [1.807, 2.05) is 12.1 Å². The van der Waals surface area contributed by atoms with E-state index in [1.54, 1.807) is 0 Å². The van der Waals surface area contributed by atoms with Gasteiger partial charge in [-0.05, 0) is 29.7 Å². The molecule has 0 spiro atoms. The molecule has 0 saturated carbocycles. The standard InChI is InChI=1S/C11H13N2O/c12-11(14)8-13-6-5-9-3-1-2-4-10(9)7-13/h1,3-4H,5-8H2,(H2,12,14). The third-order valence-corrected chi connectivity index (χ3v) is 2.52. The molecule has 2 rings (SSSR count). The van der Waals surface area contributed by atoms with Crippen molar-refractivity contribution in [2.24, 2.45) is 5.73 Å². The van der Waals surface area contributed by atoms with Crippen LogP contribution < -0.4 is 5.73 Å². The molecule has 1 aromatic rings. The highest BCUT2D eigenvalue weighted by Crippen LogP contribution is 2.17. The molecule has 14 heavy (non-hydrogen) atoms. The molecule has 0 atom stereocenters. The van der Waals surface area contributed by atoms with Gasteiger partial charge in [0, 0.05) is 13.1 Å². The van der Waals surface area contributed by atoms with Gasteiger partial charge in [-0.3, -0.25) is 9.69 Å². The summed E-state index contributed by atoms with van der Waals surface area (Å²) < 4.78 is 0. The van der Waals surface area contributed by atoms with Gasteiger partial charge in [0.05, 0.1) is 6.54 Å². The van der Waals surface area contributed by atoms with Crippen molar-refractivity contribution in [1.82, 2.24) is 4.90 Å². The lowest BCUT2D eigenvalue weighted by Gasteiger charge is -2.27. The van der Waals surface area contributed by atoms with Crippen LogP contribution in [0.2, 0.25) is 0 Å². The number of fused-ring (bicyclic) bond motifs is 1. The van der Waals surface area contributed by atoms with Gasteiger partial charge in [0.2, 0.25) is 5.91 Å². The van der Waals surface area contributed by atoms with Crippen molar-refractivity contribution in [2.45, 2.75) is 13.0 Å². The molecule has 0 unspecified atom stereocenters. The molecule has 1 heterocycles. The number of nitrogens with two attached hydrogens (primary N) is 1. The van der Waals surface area contributed by atoms with Gasteiger partial charge in [-0.1, -0.05) is 12.1 Å². The molecule has 0 aromatic heterocycles. The molecular weight excluding hydrogens is 176 g/mol. The Bertz CT molecular complexity index is 349. The summed E-state index contributed by atoms with van der Waals surface area (Å²) in [6.07, 6.45) is 0.997. The summed E-state index contributed by atoms with van der Waals surface area (Å²) in [6.45, 7) is 2.09. The Labute approximate surface area is 83.5 Å². The summed E-state index contributed by atoms with van der Waals surface area (Å²) in [7, 11) is 0. The summed E-state index contributed by atoms with van der Waals surface area (Å²) >= 11 is 0. The van der Waals surface area contributed by atoms with Gasteiger partial charge in [0.15, 0.2) is 0 Å². The fraction of sp³-hybridized carbons (Fsp3) is 0.364. The van der Waals surface area contributed by atoms with Crippen LogP contribution in [-0.2, 0) is 17.8 Å². The predicted octanol–water partition coefficient (Wildman–Crippen LogP) is 0.330. The Morgan fingerprint density at radius 1 is 1.57 bits per heavy atom. The zero-order valence-electron chi connectivity index (χ0n) is 7.99. The highest BCUT2D eigenvalue weighted by atomic mass is 16.1. The maximum absolute atomic E-state index is 10.8. The van der Waals surface area contributed by atoms with Gasteiger partial charge in [-0.2, -0.15) is 0 Å². The Balaban J connectivity index is 2.09. The first-order valence-electron chi connectivity index (χ1n) is 4.74. The largest absolute Gasteiger partial charge is 0.369 e. The van der Waals surface area contributed by atoms with Crippen LogP contribution in [0.4, 0.5) is 0 Å². The summed E-state index contributed by atoms with van der Waals surface area (Å²) in [5.74, 6) is -0.256. The number of rotatable bonds is 2. The van der Waals surface area contributed by atoms with Crippen LogP contribution in [0.25, 0.3) is 0 Å². The Kier molecular flexibility index (Phi) is 2.50. The fourth-order valence-electron chi connectivity index (χ4n) is 1.84. The molecule has 2 N–H and O–H groups in total. The van der Waals surface area contributed by atoms with E-state index in [1.165, 1.54) is 11.1 Å². The SMILES string of the molecule is NC(=O)CN1CCc2cc[c]cc2C1. The van der Waals surface area contributed by atoms with E-state index >= 15 is 0 Å². The van der Waals surface area contributed by atoms with Crippen LogP contribution >= 0.6 is 0 Å². The maximum Gasteiger partial charge on any atom is 0.231 e. The van der Waals surface area contributed by atoms with Crippen LogP contribution in [0.5, 0.6) is 0 Å². The van der Waals surface area contributed by atoms with Crippen molar-refractivity contribution in [3.63, 3.8) is 0 Å². The smallest absolute Gasteiger partial charge is 0.231 e. The van der Waals surface area contributed by atoms with E-state index in [0.717, 1.165) is 19.5 Å². The Hall–Kier alpha value is -1.35. The first-order valence-corrected chi connectivity index (χ1v) is 4.74. The van der Waals surface area contributed by atoms with E-state index in [-0.39, 0.29) is 5.91 Å². The second kappa shape index (κ2) is 3.80. The number of primary amides is 1. The molecule has 3 heteroatoms. The second-order valence-electron chi connectivity index (χ2n) is 3.62. The Morgan fingerprint density at radius 3 is 3.21 bits per heavy atom. The molecule has 73 valence electrons. The molecule has 1 aliphatic heterocycles. The van der Waals surface area contributed by atoms with Gasteiger partial charge in [-0.15, -0.1) is 0 Å². The third-order valence-electron chi connectivity index (χ3n) is 2.52. The molecule has 1 aliphatic rings. The minimum Gasteiger partial charge on any atom is -0.369 e. The zero-order valence-corrected chi connectivity index (χ0v) is 7.99. The number of benzene rings is 1. The monoisotopic (exact) mass is 189 g/mol. The number of carbonyl (C=O) groups excluding carboxylic acids is 1. The number of nitrogens with zero attached hydrogens (tertiary/aromatic N) is 1. The number of hydrogen-bond donors (Lipinski definition) is 1. The van der Waals surface area contributed by atoms with E-state index < -0.39 is 0 Å². The Morgan fingerprint density at radius 2 is 2.43 bits per heavy atom. The summed E-state index contributed by atoms with van der Waals surface area (Å²) in [6, 6.07) is 9.07. The average molecular weight is 189 g/mol. The maximum atomic E-state index is 10.8. The van der Waals surface area contributed by atoms with Crippen LogP contribution in [0, 0.1) is 6.07 Å². The second-order valence-corrected chi connectivity index (χ2v) is 3.62. The summed E-state index contributed by atoms with van der Waals surface area (Å²) in [5.41, 5.74) is 7.78. The molecule has 1 amide bonds. The van der Waals surface area contributed by atoms with E-state index in [4.69, 9.17) is 5.73 Å². The number of hydrogen-bond acceptors (Lipinski definition) is 2. The first kappa shape index (κ1) is 9.21. The molecule has 0 fully saturated rings. The van der Waals surface area contributed by atoms with Crippen molar-refractivity contribution >= 4 is 5.91 Å². The lowest BCUT2D eigenvalue weighted by Crippen LogP contribution is -2.37. The topological polar surface area (TPSA) is 46.3 Å². The molecule has 3 nitrogen and oxygen atoms in total. The molecule has 1 radical (unpaired) electrons. The normalized spacial score (nSPS) is 16.3. The van der Waals surface area contributed by atoms with Gasteiger partial charge in [0.1, 0.15) is 0 Å². The average Bonchev–Trinajstić information content (AvgIpc) is 2.17. The van der Waals surface area contributed by atoms with E-state index in [2.05, 4.69) is 17.0 Å². The molecule has 0 saturated heterocycles. The molecular formula is C11H13N2O. The number of amides is 1. The minimum atomic E-state index is -0.256. The summed E-state index contributed by atoms with van der Waals surface area (Å²) in [5, 5.41) is 0. The quantitative estimate of drug-likeness (QED) is 0.728. The van der Waals surface area contributed by atoms with Crippen LogP contribution in [0.3, 0.4) is 0 Å². The highest BCUT2D eigenvalue weighted by Gasteiger charge is 2.16. The van der Waals surface area contributed by atoms with Gasteiger partial charge >= 0.3 is 0 Å². The van der Waals surface area contributed by atoms with Gasteiger partial charge in [0.25, 0.3) is 0 Å². The van der Waals surface area contributed by atoms with Gasteiger partial charge in [-0.25, -0.2) is 0 Å². The van der Waals surface area contributed by atoms with Crippen molar-refractivity contribution < 1.29 is 4.79 Å². The van der Waals surface area contributed by atoms with E-state index in [0.29, 0.717) is 6.54 Å². The van der Waals surface area contributed by atoms with Crippen LogP contribution in [-0.4, -0.2) is 23.9 Å². The fourth-order valence-corrected chi connectivity index (χ4v) is 1.84. The van der Waals surface area contributed by atoms with Gasteiger partial charge < -0.3 is 5.73 Å². The highest BCUT2D eigenvalue weighted by molar-refractivity contribution is 5.75. The number of carbonyl (C=O) groups is 1. The van der Waals surface area contributed by atoms with E-state index in [9.17, 15) is 4.79 Å². The van der Waals surface area contributed by atoms with Crippen molar-refractivity contribution in [3.05, 3.63) is 35.4 Å². The van der Waals surface area contributed by atoms with Crippen molar-refractivity contribution in [1.29, 1.82) is 0 Å². The van der Waals surface area contributed by atoms with Crippen LogP contribution in [0.1, 0.15) is 11.1 Å². The van der Waals surface area contributed by atoms with Crippen LogP contribution in [0.15, 0.2) is 18.2 Å². The zero-order chi connectivity index (χ0) is 9.97. The molecule has 0 bridgehead atoms. The minimum absolute atomic E-state index is 0.256. The third kappa shape index (κ3) is 1.93. The molecule has 1 aromatic carbocycles.